The molecule has 0 spiro atoms. The first-order valence-corrected chi connectivity index (χ1v) is 9.62. The predicted molar refractivity (Wildman–Crippen MR) is 113 cm³/mol. The van der Waals surface area contributed by atoms with Gasteiger partial charge in [0.05, 0.1) is 23.0 Å². The molecule has 4 aromatic rings. The molecule has 7 heteroatoms. The molecule has 3 aromatic heterocycles. The molecule has 0 fully saturated rings. The van der Waals surface area contributed by atoms with Crippen LogP contribution in [0, 0.1) is 6.92 Å². The molecule has 0 radical (unpaired) electrons. The van der Waals surface area contributed by atoms with Gasteiger partial charge >= 0.3 is 0 Å². The first-order valence-electron chi connectivity index (χ1n) is 9.62. The highest BCUT2D eigenvalue weighted by Gasteiger charge is 2.19. The quantitative estimate of drug-likeness (QED) is 0.560. The number of aryl methyl sites for hydroxylation is 2. The number of fused-ring (bicyclic) bond motifs is 2. The van der Waals surface area contributed by atoms with Crippen LogP contribution in [0.1, 0.15) is 22.3 Å². The normalized spacial score (nSPS) is 13.0. The Bertz CT molecular complexity index is 1210. The average molecular weight is 384 g/mol. The van der Waals surface area contributed by atoms with Gasteiger partial charge < -0.3 is 10.6 Å². The summed E-state index contributed by atoms with van der Waals surface area (Å²) in [5.41, 5.74) is 4.70. The van der Waals surface area contributed by atoms with E-state index in [4.69, 9.17) is 4.98 Å². The fraction of sp³-hybridized carbons (Fsp3) is 0.182. The van der Waals surface area contributed by atoms with E-state index in [1.54, 1.807) is 18.6 Å². The second-order valence-corrected chi connectivity index (χ2v) is 7.18. The number of aromatic nitrogens is 4. The van der Waals surface area contributed by atoms with E-state index in [0.29, 0.717) is 11.3 Å². The Balaban J connectivity index is 1.60. The van der Waals surface area contributed by atoms with Crippen LogP contribution in [0.4, 0.5) is 11.5 Å². The summed E-state index contributed by atoms with van der Waals surface area (Å²) in [6.45, 7) is 3.73. The Hall–Kier alpha value is -3.74. The van der Waals surface area contributed by atoms with Crippen molar-refractivity contribution >= 4 is 28.3 Å². The molecule has 29 heavy (non-hydrogen) atoms. The third kappa shape index (κ3) is 3.20. The summed E-state index contributed by atoms with van der Waals surface area (Å²) in [7, 11) is 0. The summed E-state index contributed by atoms with van der Waals surface area (Å²) in [4.78, 5) is 22.2. The molecule has 0 bridgehead atoms. The van der Waals surface area contributed by atoms with Crippen LogP contribution in [-0.4, -0.2) is 32.2 Å². The predicted octanol–water partition coefficient (Wildman–Crippen LogP) is 3.87. The van der Waals surface area contributed by atoms with Gasteiger partial charge in [0.25, 0.3) is 5.91 Å². The number of nitrogens with zero attached hydrogens (tertiary/aromatic N) is 4. The van der Waals surface area contributed by atoms with Crippen molar-refractivity contribution in [2.24, 2.45) is 0 Å². The molecule has 1 aromatic carbocycles. The average Bonchev–Trinajstić information content (AvgIpc) is 3.16. The molecule has 0 unspecified atom stereocenters. The van der Waals surface area contributed by atoms with Crippen LogP contribution in [0.2, 0.25) is 0 Å². The molecular weight excluding hydrogens is 364 g/mol. The molecule has 7 nitrogen and oxygen atoms in total. The van der Waals surface area contributed by atoms with E-state index >= 15 is 0 Å². The smallest absolute Gasteiger partial charge is 0.256 e. The maximum absolute atomic E-state index is 13.3. The largest absolute Gasteiger partial charge is 0.368 e. The van der Waals surface area contributed by atoms with Crippen molar-refractivity contribution in [2.45, 2.75) is 19.9 Å². The van der Waals surface area contributed by atoms with Gasteiger partial charge in [0.1, 0.15) is 11.5 Å². The van der Waals surface area contributed by atoms with Gasteiger partial charge in [-0.1, -0.05) is 11.6 Å². The number of amides is 1. The van der Waals surface area contributed by atoms with E-state index in [0.717, 1.165) is 53.1 Å². The summed E-state index contributed by atoms with van der Waals surface area (Å²) in [5.74, 6) is 0.669. The van der Waals surface area contributed by atoms with Gasteiger partial charge in [-0.05, 0) is 43.7 Å². The Kier molecular flexibility index (Phi) is 4.20. The van der Waals surface area contributed by atoms with Crippen molar-refractivity contribution in [1.29, 1.82) is 0 Å². The summed E-state index contributed by atoms with van der Waals surface area (Å²) < 4.78 is 1.88. The Morgan fingerprint density at radius 3 is 3.00 bits per heavy atom. The van der Waals surface area contributed by atoms with Crippen LogP contribution in [-0.2, 0) is 6.54 Å². The lowest BCUT2D eigenvalue weighted by atomic mass is 10.0. The number of carbonyl (C=O) groups is 1. The third-order valence-electron chi connectivity index (χ3n) is 5.09. The van der Waals surface area contributed by atoms with Crippen molar-refractivity contribution in [3.63, 3.8) is 0 Å². The number of rotatable bonds is 3. The molecule has 2 N–H and O–H groups in total. The standard InChI is InChI=1S/C22H20N6O/c1-14-5-6-18-16(10-14)17(11-19(26-18)15-4-2-7-23-12-15)22(29)27-20-13-25-28-9-3-8-24-21(20)28/h2,4-7,10-13,24H,3,8-9H2,1H3,(H,27,29). The minimum Gasteiger partial charge on any atom is -0.368 e. The molecule has 0 saturated heterocycles. The molecule has 1 aliphatic heterocycles. The van der Waals surface area contributed by atoms with Crippen LogP contribution in [0.15, 0.2) is 55.0 Å². The van der Waals surface area contributed by atoms with Crippen molar-refractivity contribution in [3.8, 4) is 11.3 Å². The van der Waals surface area contributed by atoms with Crippen LogP contribution >= 0.6 is 0 Å². The van der Waals surface area contributed by atoms with Crippen LogP contribution < -0.4 is 10.6 Å². The topological polar surface area (TPSA) is 84.7 Å². The summed E-state index contributed by atoms with van der Waals surface area (Å²) in [5, 5.41) is 11.5. The molecular formula is C22H20N6O. The fourth-order valence-electron chi connectivity index (χ4n) is 3.65. The van der Waals surface area contributed by atoms with Gasteiger partial charge in [-0.2, -0.15) is 5.10 Å². The highest BCUT2D eigenvalue weighted by atomic mass is 16.1. The highest BCUT2D eigenvalue weighted by molar-refractivity contribution is 6.13. The summed E-state index contributed by atoms with van der Waals surface area (Å²) >= 11 is 0. The number of benzene rings is 1. The zero-order chi connectivity index (χ0) is 19.8. The van der Waals surface area contributed by atoms with E-state index in [2.05, 4.69) is 20.7 Å². The lowest BCUT2D eigenvalue weighted by Crippen LogP contribution is -2.20. The second-order valence-electron chi connectivity index (χ2n) is 7.18. The van der Waals surface area contributed by atoms with Gasteiger partial charge in [-0.25, -0.2) is 9.67 Å². The van der Waals surface area contributed by atoms with Gasteiger partial charge in [0, 0.05) is 36.4 Å². The van der Waals surface area contributed by atoms with Crippen molar-refractivity contribution in [2.75, 3.05) is 17.2 Å². The summed E-state index contributed by atoms with van der Waals surface area (Å²) in [6.07, 6.45) is 6.19. The van der Waals surface area contributed by atoms with E-state index in [1.165, 1.54) is 0 Å². The van der Waals surface area contributed by atoms with Gasteiger partial charge in [0.2, 0.25) is 0 Å². The molecule has 0 saturated carbocycles. The molecule has 1 aliphatic rings. The first kappa shape index (κ1) is 17.4. The molecule has 144 valence electrons. The first-order chi connectivity index (χ1) is 14.2. The lowest BCUT2D eigenvalue weighted by molar-refractivity contribution is 0.102. The maximum atomic E-state index is 13.3. The van der Waals surface area contributed by atoms with Crippen molar-refractivity contribution < 1.29 is 4.79 Å². The zero-order valence-corrected chi connectivity index (χ0v) is 16.0. The zero-order valence-electron chi connectivity index (χ0n) is 16.0. The molecule has 4 heterocycles. The van der Waals surface area contributed by atoms with Gasteiger partial charge in [-0.15, -0.1) is 0 Å². The Labute approximate surface area is 167 Å². The molecule has 5 rings (SSSR count). The van der Waals surface area contributed by atoms with E-state index in [1.807, 2.05) is 48.0 Å². The minimum absolute atomic E-state index is 0.184. The Morgan fingerprint density at radius 1 is 1.21 bits per heavy atom. The second kappa shape index (κ2) is 7.01. The molecule has 1 amide bonds. The number of anilines is 2. The SMILES string of the molecule is Cc1ccc2nc(-c3cccnc3)cc(C(=O)Nc3cnn4c3NCCC4)c2c1. The molecule has 0 aliphatic carbocycles. The van der Waals surface area contributed by atoms with E-state index in [-0.39, 0.29) is 5.91 Å². The number of carbonyl (C=O) groups excluding carboxylic acids is 1. The number of hydrogen-bond acceptors (Lipinski definition) is 5. The number of nitrogens with one attached hydrogen (secondary N) is 2. The van der Waals surface area contributed by atoms with E-state index in [9.17, 15) is 4.79 Å². The monoisotopic (exact) mass is 384 g/mol. The highest BCUT2D eigenvalue weighted by Crippen LogP contribution is 2.28. The van der Waals surface area contributed by atoms with Crippen molar-refractivity contribution in [1.82, 2.24) is 19.7 Å². The van der Waals surface area contributed by atoms with Crippen molar-refractivity contribution in [3.05, 3.63) is 66.1 Å². The third-order valence-corrected chi connectivity index (χ3v) is 5.09. The van der Waals surface area contributed by atoms with E-state index < -0.39 is 0 Å². The fourth-order valence-corrected chi connectivity index (χ4v) is 3.65. The van der Waals surface area contributed by atoms with Crippen LogP contribution in [0.3, 0.4) is 0 Å². The summed E-state index contributed by atoms with van der Waals surface area (Å²) in [6, 6.07) is 11.6. The minimum atomic E-state index is -0.184. The van der Waals surface area contributed by atoms with Gasteiger partial charge in [0.15, 0.2) is 0 Å². The van der Waals surface area contributed by atoms with Gasteiger partial charge in [-0.3, -0.25) is 9.78 Å². The number of pyridine rings is 2. The molecule has 0 atom stereocenters. The Morgan fingerprint density at radius 2 is 2.14 bits per heavy atom. The number of hydrogen-bond donors (Lipinski definition) is 2. The van der Waals surface area contributed by atoms with Crippen LogP contribution in [0.5, 0.6) is 0 Å². The van der Waals surface area contributed by atoms with Crippen LogP contribution in [0.25, 0.3) is 22.2 Å². The lowest BCUT2D eigenvalue weighted by Gasteiger charge is -2.17. The maximum Gasteiger partial charge on any atom is 0.256 e.